The molecule has 0 fully saturated rings. The molecule has 136 valence electrons. The number of urea groups is 1. The average Bonchev–Trinajstić information content (AvgIpc) is 2.54. The van der Waals surface area contributed by atoms with Gasteiger partial charge in [0.05, 0.1) is 29.9 Å². The van der Waals surface area contributed by atoms with E-state index in [1.807, 2.05) is 27.7 Å². The zero-order valence-corrected chi connectivity index (χ0v) is 15.7. The summed E-state index contributed by atoms with van der Waals surface area (Å²) in [6.45, 7) is 7.61. The zero-order chi connectivity index (χ0) is 18.7. The monoisotopic (exact) mass is 366 g/mol. The fourth-order valence-electron chi connectivity index (χ4n) is 2.67. The summed E-state index contributed by atoms with van der Waals surface area (Å²) in [7, 11) is 1.31. The van der Waals surface area contributed by atoms with Crippen molar-refractivity contribution in [2.75, 3.05) is 7.11 Å². The molecule has 1 atom stereocenters. The van der Waals surface area contributed by atoms with Crippen molar-refractivity contribution in [1.29, 1.82) is 0 Å². The molecule has 2 N–H and O–H groups in total. The van der Waals surface area contributed by atoms with E-state index in [4.69, 9.17) is 21.1 Å². The van der Waals surface area contributed by atoms with E-state index in [1.54, 1.807) is 18.2 Å². The number of ether oxygens (including phenoxy) is 2. The maximum Gasteiger partial charge on any atom is 0.337 e. The predicted octanol–water partition coefficient (Wildman–Crippen LogP) is 3.56. The van der Waals surface area contributed by atoms with Crippen LogP contribution in [-0.4, -0.2) is 25.2 Å². The van der Waals surface area contributed by atoms with Gasteiger partial charge in [0, 0.05) is 5.70 Å². The van der Waals surface area contributed by atoms with Gasteiger partial charge in [-0.25, -0.2) is 9.59 Å². The lowest BCUT2D eigenvalue weighted by Gasteiger charge is -2.31. The first-order valence-electron chi connectivity index (χ1n) is 8.10. The summed E-state index contributed by atoms with van der Waals surface area (Å²) in [6.07, 6.45) is -0.0139. The van der Waals surface area contributed by atoms with Crippen molar-refractivity contribution in [2.45, 2.75) is 39.8 Å². The molecule has 0 radical (unpaired) electrons. The molecule has 0 bridgehead atoms. The Balaban J connectivity index is 2.51. The van der Waals surface area contributed by atoms with Crippen LogP contribution in [0, 0.1) is 5.92 Å². The zero-order valence-electron chi connectivity index (χ0n) is 15.0. The van der Waals surface area contributed by atoms with E-state index >= 15 is 0 Å². The van der Waals surface area contributed by atoms with Crippen molar-refractivity contribution in [1.82, 2.24) is 10.6 Å². The normalized spacial score (nSPS) is 17.4. The molecule has 0 spiro atoms. The van der Waals surface area contributed by atoms with Crippen molar-refractivity contribution in [3.8, 4) is 5.75 Å². The molecular formula is C18H23ClN2O4. The number of rotatable bonds is 5. The SMILES string of the molecule is COC(=O)C1=C(C(C)C)NC(=O)NC1c1ccc(OC(C)C)c(Cl)c1. The molecule has 1 unspecified atom stereocenters. The van der Waals surface area contributed by atoms with Crippen LogP contribution in [0.2, 0.25) is 5.02 Å². The van der Waals surface area contributed by atoms with E-state index in [2.05, 4.69) is 10.6 Å². The molecule has 1 aromatic carbocycles. The van der Waals surface area contributed by atoms with Gasteiger partial charge in [-0.1, -0.05) is 31.5 Å². The van der Waals surface area contributed by atoms with Gasteiger partial charge in [0.25, 0.3) is 0 Å². The highest BCUT2D eigenvalue weighted by Gasteiger charge is 2.34. The minimum Gasteiger partial charge on any atom is -0.489 e. The van der Waals surface area contributed by atoms with E-state index < -0.39 is 12.0 Å². The number of carbonyl (C=O) groups excluding carboxylic acids is 2. The summed E-state index contributed by atoms with van der Waals surface area (Å²) < 4.78 is 10.5. The summed E-state index contributed by atoms with van der Waals surface area (Å²) in [5.74, 6) is -0.00476. The second-order valence-electron chi connectivity index (χ2n) is 6.36. The number of halogens is 1. The Morgan fingerprint density at radius 1 is 1.24 bits per heavy atom. The van der Waals surface area contributed by atoms with E-state index in [-0.39, 0.29) is 18.1 Å². The van der Waals surface area contributed by atoms with Crippen molar-refractivity contribution in [3.63, 3.8) is 0 Å². The summed E-state index contributed by atoms with van der Waals surface area (Å²) in [4.78, 5) is 24.4. The van der Waals surface area contributed by atoms with Crippen LogP contribution >= 0.6 is 11.6 Å². The Morgan fingerprint density at radius 3 is 2.44 bits per heavy atom. The fraction of sp³-hybridized carbons (Fsp3) is 0.444. The quantitative estimate of drug-likeness (QED) is 0.781. The van der Waals surface area contributed by atoms with Crippen LogP contribution in [0.25, 0.3) is 0 Å². The minimum absolute atomic E-state index is 0.0139. The molecule has 0 aromatic heterocycles. The standard InChI is InChI=1S/C18H23ClN2O4/c1-9(2)15-14(17(22)24-5)16(21-18(23)20-15)11-6-7-13(12(19)8-11)25-10(3)4/h6-10,16H,1-5H3,(H2,20,21,23). The molecule has 1 heterocycles. The average molecular weight is 367 g/mol. The first-order chi connectivity index (χ1) is 11.7. The third kappa shape index (κ3) is 4.25. The fourth-order valence-corrected chi connectivity index (χ4v) is 2.91. The van der Waals surface area contributed by atoms with Gasteiger partial charge in [0.1, 0.15) is 5.75 Å². The molecule has 7 heteroatoms. The Morgan fingerprint density at radius 2 is 1.92 bits per heavy atom. The highest BCUT2D eigenvalue weighted by atomic mass is 35.5. The summed E-state index contributed by atoms with van der Waals surface area (Å²) in [5.41, 5.74) is 1.58. The highest BCUT2D eigenvalue weighted by molar-refractivity contribution is 6.32. The second-order valence-corrected chi connectivity index (χ2v) is 6.77. The van der Waals surface area contributed by atoms with E-state index in [0.29, 0.717) is 27.6 Å². The minimum atomic E-state index is -0.649. The topological polar surface area (TPSA) is 76.7 Å². The summed E-state index contributed by atoms with van der Waals surface area (Å²) in [5, 5.41) is 5.88. The number of allylic oxidation sites excluding steroid dienone is 1. The van der Waals surface area contributed by atoms with Crippen LogP contribution in [-0.2, 0) is 9.53 Å². The molecule has 2 rings (SSSR count). The number of carbonyl (C=O) groups is 2. The maximum atomic E-state index is 12.3. The van der Waals surface area contributed by atoms with Crippen LogP contribution in [0.15, 0.2) is 29.5 Å². The molecular weight excluding hydrogens is 344 g/mol. The third-order valence-electron chi connectivity index (χ3n) is 3.74. The smallest absolute Gasteiger partial charge is 0.337 e. The Kier molecular flexibility index (Phi) is 5.95. The number of hydrogen-bond acceptors (Lipinski definition) is 4. The lowest BCUT2D eigenvalue weighted by Crippen LogP contribution is -2.47. The Labute approximate surface area is 152 Å². The van der Waals surface area contributed by atoms with Crippen LogP contribution in [0.4, 0.5) is 4.79 Å². The molecule has 2 amide bonds. The van der Waals surface area contributed by atoms with Crippen molar-refractivity contribution in [2.24, 2.45) is 5.92 Å². The van der Waals surface area contributed by atoms with E-state index in [9.17, 15) is 9.59 Å². The van der Waals surface area contributed by atoms with Crippen LogP contribution in [0.1, 0.15) is 39.3 Å². The van der Waals surface area contributed by atoms with Gasteiger partial charge in [-0.15, -0.1) is 0 Å². The van der Waals surface area contributed by atoms with Gasteiger partial charge in [0.15, 0.2) is 0 Å². The second kappa shape index (κ2) is 7.78. The number of amides is 2. The number of esters is 1. The van der Waals surface area contributed by atoms with Gasteiger partial charge < -0.3 is 20.1 Å². The predicted molar refractivity (Wildman–Crippen MR) is 95.5 cm³/mol. The Bertz CT molecular complexity index is 713. The number of hydrogen-bond donors (Lipinski definition) is 2. The van der Waals surface area contributed by atoms with Crippen LogP contribution in [0.3, 0.4) is 0 Å². The van der Waals surface area contributed by atoms with Gasteiger partial charge >= 0.3 is 12.0 Å². The van der Waals surface area contributed by atoms with Gasteiger partial charge in [0.2, 0.25) is 0 Å². The molecule has 0 saturated heterocycles. The highest BCUT2D eigenvalue weighted by Crippen LogP contribution is 2.34. The van der Waals surface area contributed by atoms with Crippen molar-refractivity contribution in [3.05, 3.63) is 40.1 Å². The number of benzene rings is 1. The molecule has 1 aromatic rings. The van der Waals surface area contributed by atoms with Crippen LogP contribution in [0.5, 0.6) is 5.75 Å². The van der Waals surface area contributed by atoms with Crippen molar-refractivity contribution >= 4 is 23.6 Å². The van der Waals surface area contributed by atoms with Crippen molar-refractivity contribution < 1.29 is 19.1 Å². The summed E-state index contributed by atoms with van der Waals surface area (Å²) >= 11 is 6.30. The molecule has 25 heavy (non-hydrogen) atoms. The van der Waals surface area contributed by atoms with E-state index in [0.717, 1.165) is 0 Å². The van der Waals surface area contributed by atoms with Gasteiger partial charge in [-0.05, 0) is 37.5 Å². The van der Waals surface area contributed by atoms with Gasteiger partial charge in [-0.2, -0.15) is 0 Å². The van der Waals surface area contributed by atoms with Gasteiger partial charge in [-0.3, -0.25) is 0 Å². The number of nitrogens with one attached hydrogen (secondary N) is 2. The lowest BCUT2D eigenvalue weighted by molar-refractivity contribution is -0.136. The first-order valence-corrected chi connectivity index (χ1v) is 8.48. The summed E-state index contributed by atoms with van der Waals surface area (Å²) in [6, 6.07) is 4.18. The molecule has 0 aliphatic carbocycles. The lowest BCUT2D eigenvalue weighted by atomic mass is 9.91. The first kappa shape index (κ1) is 19.1. The molecule has 1 aliphatic heterocycles. The maximum absolute atomic E-state index is 12.3. The Hall–Kier alpha value is -2.21. The molecule has 6 nitrogen and oxygen atoms in total. The number of methoxy groups -OCH3 is 1. The van der Waals surface area contributed by atoms with Crippen LogP contribution < -0.4 is 15.4 Å². The van der Waals surface area contributed by atoms with E-state index in [1.165, 1.54) is 7.11 Å². The largest absolute Gasteiger partial charge is 0.489 e. The molecule has 1 aliphatic rings. The third-order valence-corrected chi connectivity index (χ3v) is 4.03. The molecule has 0 saturated carbocycles.